The monoisotopic (exact) mass is 408 g/mol. The molecule has 152 valence electrons. The second-order valence-electron chi connectivity index (χ2n) is 7.84. The Morgan fingerprint density at radius 3 is 2.38 bits per heavy atom. The molecule has 5 nitrogen and oxygen atoms in total. The van der Waals surface area contributed by atoms with E-state index >= 15 is 0 Å². The third kappa shape index (κ3) is 4.43. The number of benzene rings is 1. The number of carbonyl (C=O) groups is 1. The molecule has 0 aliphatic carbocycles. The lowest BCUT2D eigenvalue weighted by Crippen LogP contribution is -2.48. The average molecular weight is 409 g/mol. The Morgan fingerprint density at radius 2 is 1.72 bits per heavy atom. The van der Waals surface area contributed by atoms with Gasteiger partial charge >= 0.3 is 0 Å². The third-order valence-corrected chi connectivity index (χ3v) is 6.53. The van der Waals surface area contributed by atoms with Crippen LogP contribution in [0.2, 0.25) is 0 Å². The number of hydrogen-bond acceptors (Lipinski definition) is 4. The van der Waals surface area contributed by atoms with Crippen LogP contribution in [-0.2, 0) is 13.1 Å². The number of rotatable bonds is 5. The first-order valence-electron chi connectivity index (χ1n) is 10.1. The van der Waals surface area contributed by atoms with Crippen molar-refractivity contribution in [3.63, 3.8) is 0 Å². The van der Waals surface area contributed by atoms with E-state index in [0.717, 1.165) is 49.7 Å². The Labute approximate surface area is 176 Å². The van der Waals surface area contributed by atoms with Crippen LogP contribution >= 0.6 is 11.3 Å². The number of piperazine rings is 1. The minimum atomic E-state index is 0.117. The molecule has 0 spiro atoms. The Hall–Kier alpha value is -2.44. The van der Waals surface area contributed by atoms with Gasteiger partial charge in [0, 0.05) is 43.3 Å². The summed E-state index contributed by atoms with van der Waals surface area (Å²) < 4.78 is 1.96. The molecule has 0 radical (unpaired) electrons. The van der Waals surface area contributed by atoms with E-state index in [1.54, 1.807) is 11.3 Å². The van der Waals surface area contributed by atoms with Crippen molar-refractivity contribution in [1.82, 2.24) is 19.6 Å². The number of nitrogens with zero attached hydrogens (tertiary/aromatic N) is 4. The van der Waals surface area contributed by atoms with Crippen molar-refractivity contribution in [3.05, 3.63) is 74.7 Å². The fraction of sp³-hybridized carbons (Fsp3) is 0.391. The maximum Gasteiger partial charge on any atom is 0.257 e. The number of aryl methyl sites for hydroxylation is 2. The maximum atomic E-state index is 13.2. The van der Waals surface area contributed by atoms with Crippen molar-refractivity contribution >= 4 is 17.2 Å². The second-order valence-corrected chi connectivity index (χ2v) is 8.87. The van der Waals surface area contributed by atoms with Gasteiger partial charge in [-0.2, -0.15) is 5.10 Å². The van der Waals surface area contributed by atoms with Crippen molar-refractivity contribution in [1.29, 1.82) is 0 Å². The summed E-state index contributed by atoms with van der Waals surface area (Å²) in [6, 6.07) is 12.8. The van der Waals surface area contributed by atoms with Gasteiger partial charge < -0.3 is 4.90 Å². The Kier molecular flexibility index (Phi) is 5.83. The SMILES string of the molecule is Cc1ccc(Cn2nc(C)c(C(=O)N3CCN(Cc4cccs4)CC3)c2C)cc1. The number of amides is 1. The molecule has 1 aliphatic heterocycles. The molecule has 1 aromatic carbocycles. The molecule has 0 unspecified atom stereocenters. The molecule has 0 N–H and O–H groups in total. The summed E-state index contributed by atoms with van der Waals surface area (Å²) >= 11 is 1.80. The minimum Gasteiger partial charge on any atom is -0.336 e. The molecule has 0 atom stereocenters. The van der Waals surface area contributed by atoms with Crippen LogP contribution in [0.25, 0.3) is 0 Å². The van der Waals surface area contributed by atoms with Crippen LogP contribution in [0.1, 0.15) is 37.7 Å². The zero-order valence-corrected chi connectivity index (χ0v) is 18.2. The Balaban J connectivity index is 1.42. The van der Waals surface area contributed by atoms with Crippen LogP contribution in [0.4, 0.5) is 0 Å². The van der Waals surface area contributed by atoms with Crippen LogP contribution in [0.3, 0.4) is 0 Å². The lowest BCUT2D eigenvalue weighted by Gasteiger charge is -2.34. The van der Waals surface area contributed by atoms with Crippen molar-refractivity contribution < 1.29 is 4.79 Å². The van der Waals surface area contributed by atoms with E-state index in [2.05, 4.69) is 58.7 Å². The maximum absolute atomic E-state index is 13.2. The van der Waals surface area contributed by atoms with E-state index in [1.807, 2.05) is 23.4 Å². The normalized spacial score (nSPS) is 15.1. The van der Waals surface area contributed by atoms with Gasteiger partial charge in [0.1, 0.15) is 0 Å². The fourth-order valence-electron chi connectivity index (χ4n) is 3.92. The largest absolute Gasteiger partial charge is 0.336 e. The number of aromatic nitrogens is 2. The van der Waals surface area contributed by atoms with Crippen LogP contribution in [0.5, 0.6) is 0 Å². The molecule has 1 amide bonds. The Bertz CT molecular complexity index is 967. The highest BCUT2D eigenvalue weighted by molar-refractivity contribution is 7.09. The van der Waals surface area contributed by atoms with Gasteiger partial charge in [-0.1, -0.05) is 35.9 Å². The predicted molar refractivity (Wildman–Crippen MR) is 117 cm³/mol. The van der Waals surface area contributed by atoms with E-state index in [-0.39, 0.29) is 5.91 Å². The molecule has 2 aromatic heterocycles. The smallest absolute Gasteiger partial charge is 0.257 e. The molecule has 1 saturated heterocycles. The second kappa shape index (κ2) is 8.51. The highest BCUT2D eigenvalue weighted by Gasteiger charge is 2.27. The van der Waals surface area contributed by atoms with Crippen LogP contribution in [0.15, 0.2) is 41.8 Å². The van der Waals surface area contributed by atoms with Gasteiger partial charge in [-0.3, -0.25) is 14.4 Å². The molecule has 6 heteroatoms. The first-order valence-corrected chi connectivity index (χ1v) is 11.0. The van der Waals surface area contributed by atoms with Crippen molar-refractivity contribution in [2.75, 3.05) is 26.2 Å². The quantitative estimate of drug-likeness (QED) is 0.643. The molecule has 29 heavy (non-hydrogen) atoms. The summed E-state index contributed by atoms with van der Waals surface area (Å²) in [5.41, 5.74) is 4.98. The highest BCUT2D eigenvalue weighted by atomic mass is 32.1. The minimum absolute atomic E-state index is 0.117. The van der Waals surface area contributed by atoms with Gasteiger partial charge in [0.2, 0.25) is 0 Å². The van der Waals surface area contributed by atoms with Gasteiger partial charge in [0.25, 0.3) is 5.91 Å². The highest BCUT2D eigenvalue weighted by Crippen LogP contribution is 2.19. The molecule has 3 aromatic rings. The lowest BCUT2D eigenvalue weighted by atomic mass is 10.1. The molecule has 4 rings (SSSR count). The standard InChI is InChI=1S/C23H28N4OS/c1-17-6-8-20(9-7-17)15-27-19(3)22(18(2)24-27)23(28)26-12-10-25(11-13-26)16-21-5-4-14-29-21/h4-9,14H,10-13,15-16H2,1-3H3. The van der Waals surface area contributed by atoms with Crippen LogP contribution in [-0.4, -0.2) is 51.7 Å². The van der Waals surface area contributed by atoms with E-state index < -0.39 is 0 Å². The van der Waals surface area contributed by atoms with Crippen molar-refractivity contribution in [3.8, 4) is 0 Å². The van der Waals surface area contributed by atoms with Crippen LogP contribution < -0.4 is 0 Å². The first-order chi connectivity index (χ1) is 14.0. The average Bonchev–Trinajstić information content (AvgIpc) is 3.32. The van der Waals surface area contributed by atoms with Crippen molar-refractivity contribution in [2.24, 2.45) is 0 Å². The third-order valence-electron chi connectivity index (χ3n) is 5.67. The van der Waals surface area contributed by atoms with Gasteiger partial charge in [-0.25, -0.2) is 0 Å². The van der Waals surface area contributed by atoms with E-state index in [0.29, 0.717) is 6.54 Å². The van der Waals surface area contributed by atoms with Crippen molar-refractivity contribution in [2.45, 2.75) is 33.9 Å². The van der Waals surface area contributed by atoms with E-state index in [1.165, 1.54) is 16.0 Å². The molecule has 1 fully saturated rings. The summed E-state index contributed by atoms with van der Waals surface area (Å²) in [5.74, 6) is 0.117. The topological polar surface area (TPSA) is 41.4 Å². The number of thiophene rings is 1. The summed E-state index contributed by atoms with van der Waals surface area (Å²) in [5, 5.41) is 6.79. The van der Waals surface area contributed by atoms with Gasteiger partial charge in [-0.15, -0.1) is 11.3 Å². The number of carbonyl (C=O) groups excluding carboxylic acids is 1. The molecular formula is C23H28N4OS. The summed E-state index contributed by atoms with van der Waals surface area (Å²) in [4.78, 5) is 19.0. The van der Waals surface area contributed by atoms with Gasteiger partial charge in [-0.05, 0) is 37.8 Å². The fourth-order valence-corrected chi connectivity index (χ4v) is 4.66. The molecule has 0 bridgehead atoms. The zero-order chi connectivity index (χ0) is 20.4. The predicted octanol–water partition coefficient (Wildman–Crippen LogP) is 3.88. The number of hydrogen-bond donors (Lipinski definition) is 0. The zero-order valence-electron chi connectivity index (χ0n) is 17.4. The van der Waals surface area contributed by atoms with Gasteiger partial charge in [0.05, 0.1) is 17.8 Å². The molecule has 3 heterocycles. The lowest BCUT2D eigenvalue weighted by molar-refractivity contribution is 0.0628. The van der Waals surface area contributed by atoms with Crippen LogP contribution in [0, 0.1) is 20.8 Å². The first kappa shape index (κ1) is 19.9. The molecule has 1 aliphatic rings. The van der Waals surface area contributed by atoms with E-state index in [4.69, 9.17) is 0 Å². The molecular weight excluding hydrogens is 380 g/mol. The summed E-state index contributed by atoms with van der Waals surface area (Å²) in [7, 11) is 0. The Morgan fingerprint density at radius 1 is 1.00 bits per heavy atom. The molecule has 0 saturated carbocycles. The van der Waals surface area contributed by atoms with Gasteiger partial charge in [0.15, 0.2) is 0 Å². The summed E-state index contributed by atoms with van der Waals surface area (Å²) in [6.07, 6.45) is 0. The summed E-state index contributed by atoms with van der Waals surface area (Å²) in [6.45, 7) is 11.1. The van der Waals surface area contributed by atoms with E-state index in [9.17, 15) is 4.79 Å².